The highest BCUT2D eigenvalue weighted by Crippen LogP contribution is 2.41. The van der Waals surface area contributed by atoms with E-state index in [4.69, 9.17) is 11.6 Å². The van der Waals surface area contributed by atoms with Crippen LogP contribution in [-0.2, 0) is 0 Å². The molecule has 1 heterocycles. The quantitative estimate of drug-likeness (QED) is 0.534. The number of nitrogens with zero attached hydrogens (tertiary/aromatic N) is 1. The van der Waals surface area contributed by atoms with Crippen molar-refractivity contribution in [1.82, 2.24) is 4.90 Å². The fourth-order valence-corrected chi connectivity index (χ4v) is 3.10. The van der Waals surface area contributed by atoms with E-state index in [1.165, 1.54) is 11.0 Å². The summed E-state index contributed by atoms with van der Waals surface area (Å²) in [5.41, 5.74) is 1.06. The van der Waals surface area contributed by atoms with Crippen LogP contribution in [0.25, 0.3) is 11.3 Å². The maximum absolute atomic E-state index is 14.6. The molecule has 27 heavy (non-hydrogen) atoms. The highest BCUT2D eigenvalue weighted by molar-refractivity contribution is 6.30. The Morgan fingerprint density at radius 1 is 1.00 bits per heavy atom. The number of halogens is 4. The first-order valence-corrected chi connectivity index (χ1v) is 9.10. The predicted octanol–water partition coefficient (Wildman–Crippen LogP) is 7.22. The molecular formula is C22H21ClF3N. The van der Waals surface area contributed by atoms with Gasteiger partial charge < -0.3 is 4.90 Å². The minimum absolute atomic E-state index is 0.0416. The van der Waals surface area contributed by atoms with Crippen LogP contribution in [0.2, 0.25) is 5.02 Å². The highest BCUT2D eigenvalue weighted by atomic mass is 35.5. The fourth-order valence-electron chi connectivity index (χ4n) is 2.91. The monoisotopic (exact) mass is 391 g/mol. The van der Waals surface area contributed by atoms with Gasteiger partial charge in [-0.2, -0.15) is 0 Å². The molecular weight excluding hydrogens is 371 g/mol. The Kier molecular flexibility index (Phi) is 6.92. The van der Waals surface area contributed by atoms with Crippen molar-refractivity contribution in [3.05, 3.63) is 94.4 Å². The SMILES string of the molecule is C=C1C(F)=CC(c2ccccc2)=C(c2c(F)cc(Cl)cc2F)N1CC.CC. The number of rotatable bonds is 3. The van der Waals surface area contributed by atoms with Crippen molar-refractivity contribution >= 4 is 22.9 Å². The van der Waals surface area contributed by atoms with Gasteiger partial charge in [-0.15, -0.1) is 0 Å². The lowest BCUT2D eigenvalue weighted by Crippen LogP contribution is -2.26. The fraction of sp³-hybridized carbons (Fsp3) is 0.182. The average molecular weight is 392 g/mol. The van der Waals surface area contributed by atoms with Crippen molar-refractivity contribution in [3.8, 4) is 0 Å². The summed E-state index contributed by atoms with van der Waals surface area (Å²) < 4.78 is 43.6. The van der Waals surface area contributed by atoms with Gasteiger partial charge >= 0.3 is 0 Å². The van der Waals surface area contributed by atoms with Gasteiger partial charge in [0.25, 0.3) is 0 Å². The molecule has 0 atom stereocenters. The van der Waals surface area contributed by atoms with Crippen LogP contribution in [0.3, 0.4) is 0 Å². The number of allylic oxidation sites excluding steroid dienone is 3. The zero-order valence-electron chi connectivity index (χ0n) is 15.5. The Morgan fingerprint density at radius 2 is 1.56 bits per heavy atom. The third-order valence-electron chi connectivity index (χ3n) is 4.04. The smallest absolute Gasteiger partial charge is 0.146 e. The topological polar surface area (TPSA) is 3.24 Å². The molecule has 0 fully saturated rings. The molecule has 0 bridgehead atoms. The predicted molar refractivity (Wildman–Crippen MR) is 107 cm³/mol. The number of hydrogen-bond donors (Lipinski definition) is 0. The average Bonchev–Trinajstić information content (AvgIpc) is 2.66. The summed E-state index contributed by atoms with van der Waals surface area (Å²) in [6.07, 6.45) is 1.26. The van der Waals surface area contributed by atoms with Crippen molar-refractivity contribution in [2.45, 2.75) is 20.8 Å². The standard InChI is InChI=1S/C20H15ClF3N.C2H6/c1-3-25-12(2)16(22)11-15(13-7-5-4-6-8-13)20(25)19-17(23)9-14(21)10-18(19)24;1-2/h4-11H,2-3H2,1H3;1-2H3. The molecule has 0 amide bonds. The number of hydrogen-bond acceptors (Lipinski definition) is 1. The Balaban J connectivity index is 0.00000126. The van der Waals surface area contributed by atoms with Crippen LogP contribution in [0.1, 0.15) is 31.9 Å². The maximum Gasteiger partial charge on any atom is 0.146 e. The number of benzene rings is 2. The molecule has 1 aliphatic rings. The first-order chi connectivity index (χ1) is 12.9. The van der Waals surface area contributed by atoms with Crippen LogP contribution in [0.4, 0.5) is 13.2 Å². The van der Waals surface area contributed by atoms with Gasteiger partial charge in [-0.05, 0) is 30.7 Å². The molecule has 0 radical (unpaired) electrons. The molecule has 2 aromatic rings. The molecule has 0 saturated heterocycles. The van der Waals surface area contributed by atoms with Crippen LogP contribution < -0.4 is 0 Å². The van der Waals surface area contributed by atoms with Crippen molar-refractivity contribution < 1.29 is 13.2 Å². The van der Waals surface area contributed by atoms with E-state index in [-0.39, 0.29) is 22.0 Å². The van der Waals surface area contributed by atoms with Gasteiger partial charge in [0, 0.05) is 17.1 Å². The second-order valence-corrected chi connectivity index (χ2v) is 5.99. The second-order valence-electron chi connectivity index (χ2n) is 5.56. The van der Waals surface area contributed by atoms with Gasteiger partial charge in [-0.3, -0.25) is 0 Å². The molecule has 0 aliphatic carbocycles. The normalized spacial score (nSPS) is 14.0. The van der Waals surface area contributed by atoms with Gasteiger partial charge in [0.1, 0.15) is 17.5 Å². The first-order valence-electron chi connectivity index (χ1n) is 8.72. The van der Waals surface area contributed by atoms with Crippen LogP contribution in [0.5, 0.6) is 0 Å². The van der Waals surface area contributed by atoms with E-state index in [1.54, 1.807) is 31.2 Å². The summed E-state index contributed by atoms with van der Waals surface area (Å²) in [6, 6.07) is 11.0. The van der Waals surface area contributed by atoms with E-state index in [2.05, 4.69) is 6.58 Å². The first kappa shape index (κ1) is 20.8. The van der Waals surface area contributed by atoms with Gasteiger partial charge in [-0.1, -0.05) is 62.4 Å². The zero-order valence-corrected chi connectivity index (χ0v) is 16.2. The van der Waals surface area contributed by atoms with Gasteiger partial charge in [0.2, 0.25) is 0 Å². The highest BCUT2D eigenvalue weighted by Gasteiger charge is 2.29. The van der Waals surface area contributed by atoms with Gasteiger partial charge in [0.15, 0.2) is 0 Å². The molecule has 3 rings (SSSR count). The van der Waals surface area contributed by atoms with Gasteiger partial charge in [0.05, 0.1) is 17.0 Å². The van der Waals surface area contributed by atoms with E-state index in [0.29, 0.717) is 17.7 Å². The molecule has 2 aromatic carbocycles. The lowest BCUT2D eigenvalue weighted by Gasteiger charge is -2.33. The number of likely N-dealkylation sites (N-methyl/N-ethyl adjacent to an activating group) is 1. The Labute approximate surface area is 163 Å². The minimum Gasteiger partial charge on any atom is -0.339 e. The van der Waals surface area contributed by atoms with Crippen molar-refractivity contribution in [2.24, 2.45) is 0 Å². The van der Waals surface area contributed by atoms with E-state index in [1.807, 2.05) is 19.9 Å². The summed E-state index contributed by atoms with van der Waals surface area (Å²) in [4.78, 5) is 1.47. The largest absolute Gasteiger partial charge is 0.339 e. The molecule has 0 saturated carbocycles. The molecule has 0 unspecified atom stereocenters. The zero-order chi connectivity index (χ0) is 20.1. The Bertz CT molecular complexity index is 878. The summed E-state index contributed by atoms with van der Waals surface area (Å²) >= 11 is 5.74. The molecule has 0 N–H and O–H groups in total. The molecule has 1 nitrogen and oxygen atoms in total. The van der Waals surface area contributed by atoms with E-state index in [0.717, 1.165) is 12.1 Å². The Morgan fingerprint density at radius 3 is 2.07 bits per heavy atom. The summed E-state index contributed by atoms with van der Waals surface area (Å²) in [6.45, 7) is 9.77. The van der Waals surface area contributed by atoms with E-state index in [9.17, 15) is 13.2 Å². The molecule has 0 spiro atoms. The van der Waals surface area contributed by atoms with Crippen LogP contribution >= 0.6 is 11.6 Å². The minimum atomic E-state index is -0.810. The van der Waals surface area contributed by atoms with Crippen LogP contribution in [0.15, 0.2) is 66.6 Å². The Hall–Kier alpha value is -2.46. The third kappa shape index (κ3) is 4.11. The summed E-state index contributed by atoms with van der Waals surface area (Å²) in [7, 11) is 0. The van der Waals surface area contributed by atoms with Crippen molar-refractivity contribution in [2.75, 3.05) is 6.54 Å². The molecule has 1 aliphatic heterocycles. The van der Waals surface area contributed by atoms with Crippen molar-refractivity contribution in [3.63, 3.8) is 0 Å². The summed E-state index contributed by atoms with van der Waals surface area (Å²) in [5, 5.41) is -0.0416. The third-order valence-corrected chi connectivity index (χ3v) is 4.26. The lowest BCUT2D eigenvalue weighted by atomic mass is 9.94. The van der Waals surface area contributed by atoms with Crippen molar-refractivity contribution in [1.29, 1.82) is 0 Å². The van der Waals surface area contributed by atoms with E-state index >= 15 is 0 Å². The lowest BCUT2D eigenvalue weighted by molar-refractivity contribution is 0.469. The molecule has 142 valence electrons. The van der Waals surface area contributed by atoms with E-state index < -0.39 is 17.5 Å². The maximum atomic E-state index is 14.6. The van der Waals surface area contributed by atoms with Crippen LogP contribution in [-0.4, -0.2) is 11.4 Å². The summed E-state index contributed by atoms with van der Waals surface area (Å²) in [5.74, 6) is -2.16. The molecule has 5 heteroatoms. The molecule has 0 aromatic heterocycles. The van der Waals surface area contributed by atoms with Gasteiger partial charge in [-0.25, -0.2) is 13.2 Å². The van der Waals surface area contributed by atoms with Crippen LogP contribution in [0, 0.1) is 11.6 Å². The second kappa shape index (κ2) is 8.96.